The second kappa shape index (κ2) is 8.96. The van der Waals surface area contributed by atoms with Crippen molar-refractivity contribution in [2.45, 2.75) is 76.4 Å². The predicted octanol–water partition coefficient (Wildman–Crippen LogP) is 4.74. The molecule has 0 aliphatic heterocycles. The molecule has 1 aromatic rings. The van der Waals surface area contributed by atoms with Crippen LogP contribution in [0.3, 0.4) is 0 Å². The van der Waals surface area contributed by atoms with Gasteiger partial charge in [0.05, 0.1) is 4.92 Å². The largest absolute Gasteiger partial charge is 0.465 e. The summed E-state index contributed by atoms with van der Waals surface area (Å²) >= 11 is 3.25. The molecule has 162 valence electrons. The first kappa shape index (κ1) is 23.6. The van der Waals surface area contributed by atoms with Crippen molar-refractivity contribution in [2.24, 2.45) is 0 Å². The summed E-state index contributed by atoms with van der Waals surface area (Å²) in [6.07, 6.45) is 1.72. The van der Waals surface area contributed by atoms with Crippen molar-refractivity contribution >= 4 is 41.7 Å². The number of pyridine rings is 1. The highest BCUT2D eigenvalue weighted by Gasteiger charge is 2.41. The van der Waals surface area contributed by atoms with E-state index in [9.17, 15) is 20.0 Å². The molecule has 1 fully saturated rings. The van der Waals surface area contributed by atoms with Gasteiger partial charge in [0.25, 0.3) is 0 Å². The predicted molar refractivity (Wildman–Crippen MR) is 117 cm³/mol. The summed E-state index contributed by atoms with van der Waals surface area (Å²) in [7, 11) is -2.05. The Morgan fingerprint density at radius 3 is 2.52 bits per heavy atom. The Balaban J connectivity index is 2.24. The molecular weight excluding hydrogens is 460 g/mol. The lowest BCUT2D eigenvalue weighted by molar-refractivity contribution is -0.384. The maximum atomic E-state index is 11.3. The molecule has 1 aliphatic rings. The number of nitrogens with one attached hydrogen (secondary N) is 2. The lowest BCUT2D eigenvalue weighted by Crippen LogP contribution is -2.51. The minimum absolute atomic E-state index is 0.0256. The minimum atomic E-state index is -2.05. The van der Waals surface area contributed by atoms with Gasteiger partial charge in [0.1, 0.15) is 16.5 Å². The highest BCUT2D eigenvalue weighted by molar-refractivity contribution is 9.10. The average Bonchev–Trinajstić information content (AvgIpc) is 2.52. The Hall–Kier alpha value is -1.72. The summed E-state index contributed by atoms with van der Waals surface area (Å²) in [4.78, 5) is 26.0. The highest BCUT2D eigenvalue weighted by atomic mass is 79.9. The monoisotopic (exact) mass is 488 g/mol. The SMILES string of the molecule is CC(C)(C)[Si](C)(C)OC1CC(NC(=O)O)CC(Nc2cc(Br)ncc2[N+](=O)[O-])C1. The van der Waals surface area contributed by atoms with Crippen LogP contribution in [0.1, 0.15) is 40.0 Å². The summed E-state index contributed by atoms with van der Waals surface area (Å²) in [5.74, 6) is 0. The molecule has 2 rings (SSSR count). The molecule has 11 heteroatoms. The Bertz CT molecular complexity index is 771. The van der Waals surface area contributed by atoms with E-state index in [1.54, 1.807) is 6.07 Å². The van der Waals surface area contributed by atoms with E-state index in [2.05, 4.69) is 65.4 Å². The number of aromatic nitrogens is 1. The summed E-state index contributed by atoms with van der Waals surface area (Å²) in [6, 6.07) is 1.09. The van der Waals surface area contributed by atoms with E-state index in [1.807, 2.05) is 0 Å². The van der Waals surface area contributed by atoms with Gasteiger partial charge in [-0.15, -0.1) is 0 Å². The van der Waals surface area contributed by atoms with Crippen LogP contribution >= 0.6 is 15.9 Å². The maximum Gasteiger partial charge on any atom is 0.404 e. The topological polar surface area (TPSA) is 127 Å². The maximum absolute atomic E-state index is 11.3. The first-order chi connectivity index (χ1) is 13.3. The molecule has 3 N–H and O–H groups in total. The van der Waals surface area contributed by atoms with Gasteiger partial charge in [-0.1, -0.05) is 20.8 Å². The number of rotatable bonds is 6. The van der Waals surface area contributed by atoms with Gasteiger partial charge >= 0.3 is 11.8 Å². The van der Waals surface area contributed by atoms with Crippen LogP contribution in [0.4, 0.5) is 16.2 Å². The molecule has 1 saturated carbocycles. The number of hydrogen-bond donors (Lipinski definition) is 3. The van der Waals surface area contributed by atoms with Gasteiger partial charge in [-0.25, -0.2) is 9.78 Å². The van der Waals surface area contributed by atoms with Gasteiger partial charge in [0, 0.05) is 24.3 Å². The van der Waals surface area contributed by atoms with E-state index >= 15 is 0 Å². The van der Waals surface area contributed by atoms with Gasteiger partial charge < -0.3 is 20.2 Å². The fourth-order valence-electron chi connectivity index (χ4n) is 3.27. The third kappa shape index (κ3) is 6.38. The molecule has 1 amide bonds. The fraction of sp³-hybridized carbons (Fsp3) is 0.667. The van der Waals surface area contributed by atoms with Crippen molar-refractivity contribution in [1.29, 1.82) is 0 Å². The molecule has 3 unspecified atom stereocenters. The molecule has 0 saturated heterocycles. The van der Waals surface area contributed by atoms with Crippen LogP contribution in [0.25, 0.3) is 0 Å². The third-order valence-electron chi connectivity index (χ3n) is 5.66. The van der Waals surface area contributed by atoms with Gasteiger partial charge in [-0.3, -0.25) is 10.1 Å². The van der Waals surface area contributed by atoms with Crippen LogP contribution in [0, 0.1) is 10.1 Å². The number of carboxylic acid groups (broad SMARTS) is 1. The number of nitrogens with zero attached hydrogens (tertiary/aromatic N) is 2. The van der Waals surface area contributed by atoms with Crippen LogP contribution in [-0.2, 0) is 4.43 Å². The standard InChI is InChI=1S/C18H29BrN4O5Si/c1-18(2,3)29(4,5)28-13-7-11(6-12(8-13)22-17(24)25)21-14-9-16(19)20-10-15(14)23(26)27/h9-13,22H,6-8H2,1-5H3,(H,20,21)(H,24,25). The smallest absolute Gasteiger partial charge is 0.404 e. The van der Waals surface area contributed by atoms with Crippen molar-refractivity contribution in [3.05, 3.63) is 27.0 Å². The van der Waals surface area contributed by atoms with Gasteiger partial charge in [0.15, 0.2) is 8.32 Å². The van der Waals surface area contributed by atoms with E-state index in [-0.39, 0.29) is 28.9 Å². The highest BCUT2D eigenvalue weighted by Crippen LogP contribution is 2.39. The lowest BCUT2D eigenvalue weighted by Gasteiger charge is -2.43. The van der Waals surface area contributed by atoms with Crippen LogP contribution < -0.4 is 10.6 Å². The zero-order valence-electron chi connectivity index (χ0n) is 17.4. The quantitative estimate of drug-likeness (QED) is 0.228. The number of carbonyl (C=O) groups is 1. The summed E-state index contributed by atoms with van der Waals surface area (Å²) in [6.45, 7) is 10.8. The Morgan fingerprint density at radius 1 is 1.34 bits per heavy atom. The van der Waals surface area contributed by atoms with Gasteiger partial charge in [0.2, 0.25) is 0 Å². The first-order valence-corrected chi connectivity index (χ1v) is 13.2. The van der Waals surface area contributed by atoms with E-state index in [0.717, 1.165) is 0 Å². The van der Waals surface area contributed by atoms with Gasteiger partial charge in [-0.05, 0) is 53.3 Å². The Morgan fingerprint density at radius 2 is 1.97 bits per heavy atom. The number of nitro groups is 1. The van der Waals surface area contributed by atoms with E-state index in [0.29, 0.717) is 29.6 Å². The number of anilines is 1. The van der Waals surface area contributed by atoms with Crippen molar-refractivity contribution in [3.8, 4) is 0 Å². The number of hydrogen-bond acceptors (Lipinski definition) is 6. The van der Waals surface area contributed by atoms with E-state index < -0.39 is 19.3 Å². The number of halogens is 1. The molecular formula is C18H29BrN4O5Si. The third-order valence-corrected chi connectivity index (χ3v) is 10.6. The molecule has 1 heterocycles. The fourth-order valence-corrected chi connectivity index (χ4v) is 4.98. The molecule has 0 bridgehead atoms. The van der Waals surface area contributed by atoms with Crippen LogP contribution in [0.5, 0.6) is 0 Å². The molecule has 1 aromatic heterocycles. The second-order valence-electron chi connectivity index (χ2n) is 8.98. The first-order valence-electron chi connectivity index (χ1n) is 9.52. The van der Waals surface area contributed by atoms with E-state index in [1.165, 1.54) is 6.20 Å². The summed E-state index contributed by atoms with van der Waals surface area (Å²) in [5.41, 5.74) is 0.229. The minimum Gasteiger partial charge on any atom is -0.465 e. The second-order valence-corrected chi connectivity index (χ2v) is 14.5. The molecule has 9 nitrogen and oxygen atoms in total. The summed E-state index contributed by atoms with van der Waals surface area (Å²) in [5, 5.41) is 26.3. The zero-order chi connectivity index (χ0) is 22.0. The zero-order valence-corrected chi connectivity index (χ0v) is 19.9. The number of amides is 1. The average molecular weight is 489 g/mol. The van der Waals surface area contributed by atoms with Crippen molar-refractivity contribution < 1.29 is 19.3 Å². The van der Waals surface area contributed by atoms with Crippen molar-refractivity contribution in [2.75, 3.05) is 5.32 Å². The molecule has 0 aromatic carbocycles. The molecule has 0 spiro atoms. The lowest BCUT2D eigenvalue weighted by atomic mass is 9.88. The molecule has 0 radical (unpaired) electrons. The van der Waals surface area contributed by atoms with Crippen LogP contribution in [-0.4, -0.2) is 47.6 Å². The Kier molecular flexibility index (Phi) is 7.28. The summed E-state index contributed by atoms with van der Waals surface area (Å²) < 4.78 is 7.02. The molecule has 29 heavy (non-hydrogen) atoms. The van der Waals surface area contributed by atoms with Crippen LogP contribution in [0.15, 0.2) is 16.9 Å². The van der Waals surface area contributed by atoms with Crippen molar-refractivity contribution in [1.82, 2.24) is 10.3 Å². The molecule has 1 aliphatic carbocycles. The van der Waals surface area contributed by atoms with E-state index in [4.69, 9.17) is 4.43 Å². The van der Waals surface area contributed by atoms with Crippen LogP contribution in [0.2, 0.25) is 18.1 Å². The van der Waals surface area contributed by atoms with Gasteiger partial charge in [-0.2, -0.15) is 0 Å². The van der Waals surface area contributed by atoms with Crippen molar-refractivity contribution in [3.63, 3.8) is 0 Å². The molecule has 3 atom stereocenters. The normalized spacial score (nSPS) is 22.8. The Labute approximate surface area is 180 Å².